The monoisotopic (exact) mass is 366 g/mol. The summed E-state index contributed by atoms with van der Waals surface area (Å²) < 4.78 is 4.84. The first kappa shape index (κ1) is 22.0. The quantitative estimate of drug-likeness (QED) is 0.207. The van der Waals surface area contributed by atoms with Crippen LogP contribution in [0.15, 0.2) is 18.2 Å². The molecule has 0 N–H and O–H groups in total. The fourth-order valence-electron chi connectivity index (χ4n) is 2.49. The first-order valence-electron chi connectivity index (χ1n) is 9.34. The molecular formula is C20H30O6. The van der Waals surface area contributed by atoms with Gasteiger partial charge in [-0.1, -0.05) is 69.6 Å². The van der Waals surface area contributed by atoms with Gasteiger partial charge in [-0.3, -0.25) is 4.89 Å². The molecule has 0 unspecified atom stereocenters. The average Bonchev–Trinajstić information content (AvgIpc) is 2.62. The van der Waals surface area contributed by atoms with Crippen LogP contribution in [0, 0.1) is 13.8 Å². The van der Waals surface area contributed by atoms with Gasteiger partial charge in [-0.2, -0.15) is 0 Å². The van der Waals surface area contributed by atoms with Crippen molar-refractivity contribution in [2.45, 2.75) is 72.1 Å². The Balaban J connectivity index is 2.06. The minimum absolute atomic E-state index is 0.252. The highest BCUT2D eigenvalue weighted by atomic mass is 17.5. The Labute approximate surface area is 155 Å². The van der Waals surface area contributed by atoms with Crippen LogP contribution in [-0.4, -0.2) is 18.7 Å². The summed E-state index contributed by atoms with van der Waals surface area (Å²) in [7, 11) is 0. The minimum Gasteiger partial charge on any atom is -0.432 e. The molecule has 0 spiro atoms. The molecule has 146 valence electrons. The molecule has 0 saturated carbocycles. The normalized spacial score (nSPS) is 10.4. The molecule has 0 aliphatic rings. The lowest BCUT2D eigenvalue weighted by Crippen LogP contribution is -2.13. The van der Waals surface area contributed by atoms with E-state index in [2.05, 4.69) is 21.7 Å². The predicted octanol–water partition coefficient (Wildman–Crippen LogP) is 5.60. The summed E-state index contributed by atoms with van der Waals surface area (Å²) in [6.45, 7) is 6.08. The summed E-state index contributed by atoms with van der Waals surface area (Å²) in [5.41, 5.74) is 2.00. The van der Waals surface area contributed by atoms with Crippen molar-refractivity contribution < 1.29 is 29.1 Å². The minimum atomic E-state index is -1.03. The molecule has 0 heterocycles. The maximum Gasteiger partial charge on any atom is 0.543 e. The lowest BCUT2D eigenvalue weighted by molar-refractivity contribution is -0.452. The summed E-state index contributed by atoms with van der Waals surface area (Å²) in [6.07, 6.45) is 8.18. The number of hydrogen-bond donors (Lipinski definition) is 0. The smallest absolute Gasteiger partial charge is 0.432 e. The van der Waals surface area contributed by atoms with E-state index in [0.29, 0.717) is 5.56 Å². The molecule has 0 saturated heterocycles. The molecule has 0 atom stereocenters. The summed E-state index contributed by atoms with van der Waals surface area (Å²) in [6, 6.07) is 5.35. The second-order valence-corrected chi connectivity index (χ2v) is 6.41. The van der Waals surface area contributed by atoms with Crippen molar-refractivity contribution >= 4 is 12.1 Å². The van der Waals surface area contributed by atoms with E-state index in [0.717, 1.165) is 30.4 Å². The van der Waals surface area contributed by atoms with Gasteiger partial charge in [0.1, 0.15) is 0 Å². The largest absolute Gasteiger partial charge is 0.543 e. The topological polar surface area (TPSA) is 71.1 Å². The summed E-state index contributed by atoms with van der Waals surface area (Å²) in [4.78, 5) is 31.9. The van der Waals surface area contributed by atoms with Crippen molar-refractivity contribution in [2.24, 2.45) is 0 Å². The molecule has 26 heavy (non-hydrogen) atoms. The lowest BCUT2D eigenvalue weighted by atomic mass is 10.1. The first-order chi connectivity index (χ1) is 12.5. The number of benzene rings is 1. The standard InChI is InChI=1S/C20H30O6/c1-4-5-6-7-8-9-10-11-14-23-20(22)25-26-24-19(21)18-15-16(2)12-13-17(18)3/h12-13,15H,4-11,14H2,1-3H3. The molecule has 0 radical (unpaired) electrons. The SMILES string of the molecule is CCCCCCCCCCOC(=O)OOOC(=O)c1cc(C)ccc1C. The molecule has 1 aromatic carbocycles. The number of unbranched alkanes of at least 4 members (excludes halogenated alkanes) is 7. The zero-order valence-electron chi connectivity index (χ0n) is 16.0. The van der Waals surface area contributed by atoms with Crippen LogP contribution in [0.2, 0.25) is 0 Å². The van der Waals surface area contributed by atoms with Gasteiger partial charge in [0.15, 0.2) is 0 Å². The van der Waals surface area contributed by atoms with Gasteiger partial charge in [0, 0.05) is 0 Å². The molecule has 0 fully saturated rings. The fraction of sp³-hybridized carbons (Fsp3) is 0.600. The number of aryl methyl sites for hydroxylation is 2. The zero-order valence-corrected chi connectivity index (χ0v) is 16.0. The Morgan fingerprint density at radius 2 is 1.54 bits per heavy atom. The summed E-state index contributed by atoms with van der Waals surface area (Å²) >= 11 is 0. The van der Waals surface area contributed by atoms with Crippen LogP contribution >= 0.6 is 0 Å². The van der Waals surface area contributed by atoms with Crippen molar-refractivity contribution in [3.05, 3.63) is 34.9 Å². The number of rotatable bonds is 12. The average molecular weight is 366 g/mol. The third kappa shape index (κ3) is 9.42. The molecule has 0 aliphatic heterocycles. The Bertz CT molecular complexity index is 555. The molecular weight excluding hydrogens is 336 g/mol. The Morgan fingerprint density at radius 3 is 2.23 bits per heavy atom. The van der Waals surface area contributed by atoms with Gasteiger partial charge in [-0.05, 0) is 31.9 Å². The number of ether oxygens (including phenoxy) is 1. The number of carbonyl (C=O) groups is 2. The van der Waals surface area contributed by atoms with Crippen LogP contribution in [0.25, 0.3) is 0 Å². The number of hydrogen-bond acceptors (Lipinski definition) is 6. The van der Waals surface area contributed by atoms with E-state index in [1.165, 1.54) is 32.1 Å². The predicted molar refractivity (Wildman–Crippen MR) is 97.5 cm³/mol. The Hall–Kier alpha value is -2.08. The van der Waals surface area contributed by atoms with Gasteiger partial charge in [0.25, 0.3) is 0 Å². The van der Waals surface area contributed by atoms with Gasteiger partial charge in [0.2, 0.25) is 0 Å². The van der Waals surface area contributed by atoms with Crippen LogP contribution in [0.4, 0.5) is 4.79 Å². The molecule has 0 aromatic heterocycles. The van der Waals surface area contributed by atoms with Crippen LogP contribution in [-0.2, 0) is 19.6 Å². The van der Waals surface area contributed by atoms with Crippen molar-refractivity contribution in [1.29, 1.82) is 0 Å². The van der Waals surface area contributed by atoms with Gasteiger partial charge < -0.3 is 4.74 Å². The van der Waals surface area contributed by atoms with E-state index < -0.39 is 12.1 Å². The molecule has 1 rings (SSSR count). The van der Waals surface area contributed by atoms with E-state index in [-0.39, 0.29) is 6.61 Å². The lowest BCUT2D eigenvalue weighted by Gasteiger charge is -2.06. The molecule has 0 amide bonds. The number of carbonyl (C=O) groups excluding carboxylic acids is 2. The summed E-state index contributed by atoms with van der Waals surface area (Å²) in [5.74, 6) is -0.734. The van der Waals surface area contributed by atoms with Crippen molar-refractivity contribution in [2.75, 3.05) is 6.61 Å². The van der Waals surface area contributed by atoms with Crippen LogP contribution in [0.5, 0.6) is 0 Å². The second kappa shape index (κ2) is 13.2. The van der Waals surface area contributed by atoms with E-state index in [9.17, 15) is 9.59 Å². The van der Waals surface area contributed by atoms with Gasteiger partial charge in [-0.25, -0.2) is 14.5 Å². The molecule has 0 aliphatic carbocycles. The zero-order chi connectivity index (χ0) is 19.2. The fourth-order valence-corrected chi connectivity index (χ4v) is 2.49. The van der Waals surface area contributed by atoms with Crippen molar-refractivity contribution in [3.63, 3.8) is 0 Å². The van der Waals surface area contributed by atoms with E-state index in [4.69, 9.17) is 4.74 Å². The molecule has 6 nitrogen and oxygen atoms in total. The maximum atomic E-state index is 11.8. The van der Waals surface area contributed by atoms with Gasteiger partial charge in [0.05, 0.1) is 17.2 Å². The van der Waals surface area contributed by atoms with Crippen LogP contribution in [0.1, 0.15) is 79.8 Å². The van der Waals surface area contributed by atoms with E-state index >= 15 is 0 Å². The Morgan fingerprint density at radius 1 is 0.885 bits per heavy atom. The third-order valence-electron chi connectivity index (χ3n) is 4.04. The van der Waals surface area contributed by atoms with E-state index in [1.54, 1.807) is 19.1 Å². The van der Waals surface area contributed by atoms with Gasteiger partial charge >= 0.3 is 12.1 Å². The summed E-state index contributed by atoms with van der Waals surface area (Å²) in [5, 5.41) is 4.22. The van der Waals surface area contributed by atoms with E-state index in [1.807, 2.05) is 13.0 Å². The highest BCUT2D eigenvalue weighted by Crippen LogP contribution is 2.12. The van der Waals surface area contributed by atoms with Crippen molar-refractivity contribution in [1.82, 2.24) is 0 Å². The highest BCUT2D eigenvalue weighted by Gasteiger charge is 2.14. The van der Waals surface area contributed by atoms with Crippen LogP contribution < -0.4 is 0 Å². The maximum absolute atomic E-state index is 11.8. The van der Waals surface area contributed by atoms with Crippen LogP contribution in [0.3, 0.4) is 0 Å². The molecule has 1 aromatic rings. The first-order valence-corrected chi connectivity index (χ1v) is 9.34. The molecule has 0 bridgehead atoms. The molecule has 6 heteroatoms. The van der Waals surface area contributed by atoms with Gasteiger partial charge in [-0.15, -0.1) is 0 Å². The Kier molecular flexibility index (Phi) is 11.1. The van der Waals surface area contributed by atoms with Crippen molar-refractivity contribution in [3.8, 4) is 0 Å². The second-order valence-electron chi connectivity index (χ2n) is 6.41. The third-order valence-corrected chi connectivity index (χ3v) is 4.04. The highest BCUT2D eigenvalue weighted by molar-refractivity contribution is 5.90.